The lowest BCUT2D eigenvalue weighted by Gasteiger charge is -2.15. The maximum absolute atomic E-state index is 11.5. The van der Waals surface area contributed by atoms with Crippen molar-refractivity contribution >= 4 is 17.1 Å². The Morgan fingerprint density at radius 1 is 1.44 bits per heavy atom. The second-order valence-corrected chi connectivity index (χ2v) is 3.84. The third-order valence-electron chi connectivity index (χ3n) is 2.51. The molecule has 2 atom stereocenters. The van der Waals surface area contributed by atoms with Gasteiger partial charge in [0.05, 0.1) is 19.5 Å². The molecule has 2 heterocycles. The van der Waals surface area contributed by atoms with Gasteiger partial charge in [-0.05, 0) is 0 Å². The van der Waals surface area contributed by atoms with E-state index in [1.807, 2.05) is 0 Å². The molecule has 0 aromatic carbocycles. The Balaban J connectivity index is 2.38. The fraction of sp³-hybridized carbons (Fsp3) is 0.444. The van der Waals surface area contributed by atoms with Crippen LogP contribution in [0.5, 0.6) is 0 Å². The predicted octanol–water partition coefficient (Wildman–Crippen LogP) is -2.58. The number of nitrogens with one attached hydrogen (secondary N) is 1. The van der Waals surface area contributed by atoms with Crippen LogP contribution < -0.4 is 11.3 Å². The lowest BCUT2D eigenvalue weighted by molar-refractivity contribution is -0.0211. The molecule has 0 radical (unpaired) electrons. The van der Waals surface area contributed by atoms with Gasteiger partial charge in [-0.1, -0.05) is 0 Å². The summed E-state index contributed by atoms with van der Waals surface area (Å²) in [6.45, 7) is -0.627. The maximum atomic E-state index is 11.5. The van der Waals surface area contributed by atoms with Crippen molar-refractivity contribution in [3.63, 3.8) is 0 Å². The van der Waals surface area contributed by atoms with Crippen LogP contribution in [0.3, 0.4) is 0 Å². The van der Waals surface area contributed by atoms with Crippen molar-refractivity contribution in [3.05, 3.63) is 16.7 Å². The molecular weight excluding hydrogens is 242 g/mol. The van der Waals surface area contributed by atoms with Gasteiger partial charge in [-0.3, -0.25) is 9.78 Å². The molecule has 98 valence electrons. The van der Waals surface area contributed by atoms with E-state index in [2.05, 4.69) is 15.0 Å². The standard InChI is InChI=1S/C9H13N5O4/c10-9-12-7-6(8(18)13-9)11-3-14(7)1-4(16)5(17)2-15/h3-5,15-17H,1-2H2,(H3,10,12,13,18). The lowest BCUT2D eigenvalue weighted by Crippen LogP contribution is -2.33. The highest BCUT2D eigenvalue weighted by molar-refractivity contribution is 5.70. The van der Waals surface area contributed by atoms with Gasteiger partial charge < -0.3 is 25.6 Å². The van der Waals surface area contributed by atoms with Gasteiger partial charge in [0.25, 0.3) is 5.56 Å². The summed E-state index contributed by atoms with van der Waals surface area (Å²) >= 11 is 0. The van der Waals surface area contributed by atoms with Crippen molar-refractivity contribution in [2.45, 2.75) is 18.8 Å². The highest BCUT2D eigenvalue weighted by Crippen LogP contribution is 2.08. The van der Waals surface area contributed by atoms with Gasteiger partial charge in [0.15, 0.2) is 11.2 Å². The van der Waals surface area contributed by atoms with E-state index in [0.29, 0.717) is 0 Å². The highest BCUT2D eigenvalue weighted by Gasteiger charge is 2.18. The molecule has 0 fully saturated rings. The summed E-state index contributed by atoms with van der Waals surface area (Å²) in [6, 6.07) is 0. The average molecular weight is 255 g/mol. The zero-order valence-corrected chi connectivity index (χ0v) is 9.32. The minimum atomic E-state index is -1.28. The first-order valence-electron chi connectivity index (χ1n) is 5.20. The van der Waals surface area contributed by atoms with E-state index >= 15 is 0 Å². The maximum Gasteiger partial charge on any atom is 0.280 e. The molecule has 2 aromatic heterocycles. The fourth-order valence-electron chi connectivity index (χ4n) is 1.55. The summed E-state index contributed by atoms with van der Waals surface area (Å²) < 4.78 is 1.38. The number of fused-ring (bicyclic) bond motifs is 1. The second-order valence-electron chi connectivity index (χ2n) is 3.84. The zero-order valence-electron chi connectivity index (χ0n) is 9.32. The molecule has 2 aromatic rings. The molecule has 0 bridgehead atoms. The number of aromatic amines is 1. The Hall–Kier alpha value is -1.97. The van der Waals surface area contributed by atoms with Gasteiger partial charge in [-0.25, -0.2) is 4.98 Å². The molecule has 0 aliphatic rings. The third kappa shape index (κ3) is 2.18. The Bertz CT molecular complexity index is 607. The molecule has 2 unspecified atom stereocenters. The molecule has 0 aliphatic heterocycles. The second kappa shape index (κ2) is 4.72. The highest BCUT2D eigenvalue weighted by atomic mass is 16.4. The normalized spacial score (nSPS) is 14.8. The van der Waals surface area contributed by atoms with E-state index in [9.17, 15) is 15.0 Å². The number of aliphatic hydroxyl groups is 3. The van der Waals surface area contributed by atoms with Crippen LogP contribution in [0, 0.1) is 0 Å². The van der Waals surface area contributed by atoms with Crippen molar-refractivity contribution < 1.29 is 15.3 Å². The number of nitrogen functional groups attached to an aromatic ring is 1. The Labute approximate surface area is 101 Å². The van der Waals surface area contributed by atoms with Crippen molar-refractivity contribution in [1.29, 1.82) is 0 Å². The first kappa shape index (κ1) is 12.5. The van der Waals surface area contributed by atoms with Crippen molar-refractivity contribution in [2.75, 3.05) is 12.3 Å². The molecule has 18 heavy (non-hydrogen) atoms. The molecule has 0 amide bonds. The zero-order chi connectivity index (χ0) is 13.3. The summed E-state index contributed by atoms with van der Waals surface area (Å²) in [7, 11) is 0. The van der Waals surface area contributed by atoms with Crippen LogP contribution in [-0.2, 0) is 6.54 Å². The number of anilines is 1. The van der Waals surface area contributed by atoms with E-state index in [-0.39, 0.29) is 23.7 Å². The number of aliphatic hydroxyl groups excluding tert-OH is 3. The average Bonchev–Trinajstić information content (AvgIpc) is 2.71. The van der Waals surface area contributed by atoms with Crippen LogP contribution in [-0.4, -0.2) is 53.7 Å². The SMILES string of the molecule is Nc1nc2c(ncn2CC(O)C(O)CO)c(=O)[nH]1. The predicted molar refractivity (Wildman–Crippen MR) is 61.7 cm³/mol. The molecular formula is C9H13N5O4. The smallest absolute Gasteiger partial charge is 0.280 e. The quantitative estimate of drug-likeness (QED) is 0.402. The minimum Gasteiger partial charge on any atom is -0.394 e. The van der Waals surface area contributed by atoms with Crippen LogP contribution >= 0.6 is 0 Å². The summed E-state index contributed by atoms with van der Waals surface area (Å²) in [4.78, 5) is 21.5. The van der Waals surface area contributed by atoms with E-state index in [1.165, 1.54) is 10.9 Å². The molecule has 0 saturated carbocycles. The number of aromatic nitrogens is 4. The van der Waals surface area contributed by atoms with Crippen molar-refractivity contribution in [2.24, 2.45) is 0 Å². The van der Waals surface area contributed by atoms with E-state index < -0.39 is 24.4 Å². The van der Waals surface area contributed by atoms with Gasteiger partial charge in [0.2, 0.25) is 5.95 Å². The monoisotopic (exact) mass is 255 g/mol. The summed E-state index contributed by atoms with van der Waals surface area (Å²) in [5.41, 5.74) is 5.23. The van der Waals surface area contributed by atoms with Crippen molar-refractivity contribution in [1.82, 2.24) is 19.5 Å². The van der Waals surface area contributed by atoms with Crippen LogP contribution in [0.2, 0.25) is 0 Å². The molecule has 0 spiro atoms. The summed E-state index contributed by atoms with van der Waals surface area (Å²) in [6.07, 6.45) is -1.17. The van der Waals surface area contributed by atoms with Crippen molar-refractivity contribution in [3.8, 4) is 0 Å². The number of hydrogen-bond donors (Lipinski definition) is 5. The van der Waals surface area contributed by atoms with Crippen LogP contribution in [0.4, 0.5) is 5.95 Å². The minimum absolute atomic E-state index is 0.0614. The topological polar surface area (TPSA) is 150 Å². The molecule has 0 saturated heterocycles. The number of hydrogen-bond acceptors (Lipinski definition) is 7. The Morgan fingerprint density at radius 2 is 2.17 bits per heavy atom. The number of nitrogens with zero attached hydrogens (tertiary/aromatic N) is 3. The van der Waals surface area contributed by atoms with Gasteiger partial charge >= 0.3 is 0 Å². The fourth-order valence-corrected chi connectivity index (χ4v) is 1.55. The number of imidazole rings is 1. The van der Waals surface area contributed by atoms with Gasteiger partial charge in [0, 0.05) is 0 Å². The van der Waals surface area contributed by atoms with Gasteiger partial charge in [-0.15, -0.1) is 0 Å². The van der Waals surface area contributed by atoms with E-state index in [0.717, 1.165) is 0 Å². The van der Waals surface area contributed by atoms with E-state index in [4.69, 9.17) is 10.8 Å². The van der Waals surface area contributed by atoms with Crippen LogP contribution in [0.15, 0.2) is 11.1 Å². The first-order valence-corrected chi connectivity index (χ1v) is 5.20. The third-order valence-corrected chi connectivity index (χ3v) is 2.51. The largest absolute Gasteiger partial charge is 0.394 e. The van der Waals surface area contributed by atoms with Gasteiger partial charge in [-0.2, -0.15) is 4.98 Å². The van der Waals surface area contributed by atoms with E-state index in [1.54, 1.807) is 0 Å². The Morgan fingerprint density at radius 3 is 2.83 bits per heavy atom. The summed E-state index contributed by atoms with van der Waals surface area (Å²) in [5.74, 6) is -0.0635. The van der Waals surface area contributed by atoms with Gasteiger partial charge in [0.1, 0.15) is 12.2 Å². The number of nitrogens with two attached hydrogens (primary N) is 1. The molecule has 9 nitrogen and oxygen atoms in total. The Kier molecular flexibility index (Phi) is 3.28. The molecule has 9 heteroatoms. The lowest BCUT2D eigenvalue weighted by atomic mass is 10.2. The molecule has 0 aliphatic carbocycles. The van der Waals surface area contributed by atoms with Crippen LogP contribution in [0.25, 0.3) is 11.2 Å². The van der Waals surface area contributed by atoms with Crippen LogP contribution in [0.1, 0.15) is 0 Å². The molecule has 2 rings (SSSR count). The number of rotatable bonds is 4. The first-order chi connectivity index (χ1) is 8.52. The summed E-state index contributed by atoms with van der Waals surface area (Å²) in [5, 5.41) is 27.6. The molecule has 6 N–H and O–H groups in total. The number of H-pyrrole nitrogens is 1.